The summed E-state index contributed by atoms with van der Waals surface area (Å²) in [6, 6.07) is 7.03. The van der Waals surface area contributed by atoms with Crippen molar-refractivity contribution in [2.75, 3.05) is 17.2 Å². The summed E-state index contributed by atoms with van der Waals surface area (Å²) in [6.07, 6.45) is 0. The third kappa shape index (κ3) is 3.12. The number of amides is 1. The van der Waals surface area contributed by atoms with E-state index in [9.17, 15) is 9.59 Å². The van der Waals surface area contributed by atoms with E-state index in [1.165, 1.54) is 5.38 Å². The minimum Gasteiger partial charge on any atom is -0.480 e. The van der Waals surface area contributed by atoms with Crippen LogP contribution >= 0.6 is 11.3 Å². The fourth-order valence-electron chi connectivity index (χ4n) is 1.66. The van der Waals surface area contributed by atoms with Crippen molar-refractivity contribution in [1.82, 2.24) is 4.98 Å². The molecule has 0 atom stereocenters. The highest BCUT2D eigenvalue weighted by atomic mass is 32.1. The molecule has 0 saturated heterocycles. The van der Waals surface area contributed by atoms with Crippen LogP contribution in [0.25, 0.3) is 0 Å². The van der Waals surface area contributed by atoms with Gasteiger partial charge < -0.3 is 10.8 Å². The summed E-state index contributed by atoms with van der Waals surface area (Å²) in [4.78, 5) is 28.3. The minimum atomic E-state index is -1.10. The van der Waals surface area contributed by atoms with Crippen LogP contribution in [0.4, 0.5) is 10.8 Å². The maximum absolute atomic E-state index is 12.3. The van der Waals surface area contributed by atoms with Crippen molar-refractivity contribution in [3.8, 4) is 0 Å². The number of thiazole rings is 1. The van der Waals surface area contributed by atoms with Gasteiger partial charge in [-0.3, -0.25) is 14.5 Å². The zero-order valence-electron chi connectivity index (χ0n) is 10.7. The van der Waals surface area contributed by atoms with Gasteiger partial charge in [-0.15, -0.1) is 11.3 Å². The molecule has 0 unspecified atom stereocenters. The van der Waals surface area contributed by atoms with Crippen LogP contribution in [-0.4, -0.2) is 28.5 Å². The van der Waals surface area contributed by atoms with Crippen LogP contribution in [0.5, 0.6) is 0 Å². The van der Waals surface area contributed by atoms with E-state index in [1.54, 1.807) is 12.1 Å². The molecule has 0 aliphatic rings. The largest absolute Gasteiger partial charge is 0.480 e. The summed E-state index contributed by atoms with van der Waals surface area (Å²) >= 11 is 1.14. The molecule has 0 aliphatic carbocycles. The Morgan fingerprint density at radius 3 is 2.50 bits per heavy atom. The van der Waals surface area contributed by atoms with Crippen molar-refractivity contribution in [3.63, 3.8) is 0 Å². The first-order valence-electron chi connectivity index (χ1n) is 5.78. The minimum absolute atomic E-state index is 0.148. The van der Waals surface area contributed by atoms with Crippen LogP contribution in [0.2, 0.25) is 0 Å². The van der Waals surface area contributed by atoms with Gasteiger partial charge >= 0.3 is 5.97 Å². The van der Waals surface area contributed by atoms with Crippen LogP contribution in [0.15, 0.2) is 29.6 Å². The second-order valence-corrected chi connectivity index (χ2v) is 5.08. The number of rotatable bonds is 4. The fourth-order valence-corrected chi connectivity index (χ4v) is 2.20. The highest BCUT2D eigenvalue weighted by Gasteiger charge is 2.22. The van der Waals surface area contributed by atoms with E-state index in [1.807, 2.05) is 19.1 Å². The van der Waals surface area contributed by atoms with Crippen molar-refractivity contribution < 1.29 is 14.7 Å². The van der Waals surface area contributed by atoms with E-state index < -0.39 is 18.4 Å². The van der Waals surface area contributed by atoms with Crippen molar-refractivity contribution in [2.45, 2.75) is 6.92 Å². The van der Waals surface area contributed by atoms with Crippen LogP contribution in [0.1, 0.15) is 16.1 Å². The van der Waals surface area contributed by atoms with Gasteiger partial charge in [0.15, 0.2) is 5.13 Å². The Balaban J connectivity index is 2.34. The first kappa shape index (κ1) is 14.0. The number of nitrogen functional groups attached to an aromatic ring is 1. The molecule has 7 heteroatoms. The van der Waals surface area contributed by atoms with Crippen molar-refractivity contribution in [2.24, 2.45) is 0 Å². The molecule has 0 bridgehead atoms. The average Bonchev–Trinajstić information content (AvgIpc) is 2.83. The maximum atomic E-state index is 12.3. The van der Waals surface area contributed by atoms with Gasteiger partial charge in [-0.2, -0.15) is 0 Å². The van der Waals surface area contributed by atoms with Crippen molar-refractivity contribution in [3.05, 3.63) is 40.9 Å². The topological polar surface area (TPSA) is 96.5 Å². The predicted octanol–water partition coefficient (Wildman–Crippen LogP) is 1.77. The lowest BCUT2D eigenvalue weighted by molar-refractivity contribution is -0.135. The molecule has 1 heterocycles. The first-order valence-corrected chi connectivity index (χ1v) is 6.66. The number of hydrogen-bond acceptors (Lipinski definition) is 5. The number of benzene rings is 1. The number of carboxylic acid groups (broad SMARTS) is 1. The van der Waals surface area contributed by atoms with Crippen LogP contribution in [0, 0.1) is 6.92 Å². The molecule has 2 aromatic rings. The average molecular weight is 291 g/mol. The number of aryl methyl sites for hydroxylation is 1. The summed E-state index contributed by atoms with van der Waals surface area (Å²) < 4.78 is 0. The molecular weight excluding hydrogens is 278 g/mol. The summed E-state index contributed by atoms with van der Waals surface area (Å²) in [7, 11) is 0. The van der Waals surface area contributed by atoms with Gasteiger partial charge in [0.1, 0.15) is 12.2 Å². The number of anilines is 2. The quantitative estimate of drug-likeness (QED) is 0.894. The molecule has 1 aromatic heterocycles. The number of nitrogens with two attached hydrogens (primary N) is 1. The molecule has 0 radical (unpaired) electrons. The Hall–Kier alpha value is -2.41. The summed E-state index contributed by atoms with van der Waals surface area (Å²) in [5.41, 5.74) is 7.18. The molecule has 0 spiro atoms. The lowest BCUT2D eigenvalue weighted by Crippen LogP contribution is -2.35. The summed E-state index contributed by atoms with van der Waals surface area (Å²) in [6.45, 7) is 1.48. The van der Waals surface area contributed by atoms with Gasteiger partial charge in [-0.05, 0) is 19.1 Å². The highest BCUT2D eigenvalue weighted by Crippen LogP contribution is 2.19. The standard InChI is InChI=1S/C13H13N3O3S/c1-8-2-4-9(5-3-8)16(6-11(17)18)12(19)10-7-20-13(14)15-10/h2-5,7H,6H2,1H3,(H2,14,15)(H,17,18). The molecule has 0 saturated carbocycles. The second-order valence-electron chi connectivity index (χ2n) is 4.19. The van der Waals surface area contributed by atoms with E-state index in [2.05, 4.69) is 4.98 Å². The Labute approximate surface area is 119 Å². The SMILES string of the molecule is Cc1ccc(N(CC(=O)O)C(=O)c2csc(N)n2)cc1. The van der Waals surface area contributed by atoms with Gasteiger partial charge in [0, 0.05) is 11.1 Å². The second kappa shape index (κ2) is 5.70. The number of aromatic nitrogens is 1. The lowest BCUT2D eigenvalue weighted by Gasteiger charge is -2.20. The highest BCUT2D eigenvalue weighted by molar-refractivity contribution is 7.13. The van der Waals surface area contributed by atoms with Gasteiger partial charge in [0.2, 0.25) is 0 Å². The number of aliphatic carboxylic acids is 1. The molecule has 6 nitrogen and oxygen atoms in total. The molecule has 20 heavy (non-hydrogen) atoms. The normalized spacial score (nSPS) is 10.2. The lowest BCUT2D eigenvalue weighted by atomic mass is 10.2. The molecule has 3 N–H and O–H groups in total. The van der Waals surface area contributed by atoms with Gasteiger partial charge in [0.05, 0.1) is 0 Å². The fraction of sp³-hybridized carbons (Fsp3) is 0.154. The maximum Gasteiger partial charge on any atom is 0.323 e. The third-order valence-electron chi connectivity index (χ3n) is 2.63. The Kier molecular flexibility index (Phi) is 3.99. The molecule has 0 aliphatic heterocycles. The van der Waals surface area contributed by atoms with Crippen LogP contribution in [-0.2, 0) is 4.79 Å². The van der Waals surface area contributed by atoms with Crippen molar-refractivity contribution in [1.29, 1.82) is 0 Å². The van der Waals surface area contributed by atoms with Gasteiger partial charge in [-0.1, -0.05) is 17.7 Å². The van der Waals surface area contributed by atoms with Crippen LogP contribution < -0.4 is 10.6 Å². The molecule has 2 rings (SSSR count). The zero-order valence-corrected chi connectivity index (χ0v) is 11.6. The number of carboxylic acids is 1. The summed E-state index contributed by atoms with van der Waals surface area (Å²) in [5.74, 6) is -1.58. The Morgan fingerprint density at radius 1 is 1.35 bits per heavy atom. The summed E-state index contributed by atoms with van der Waals surface area (Å²) in [5, 5.41) is 10.7. The number of carbonyl (C=O) groups is 2. The van der Waals surface area contributed by atoms with Crippen LogP contribution in [0.3, 0.4) is 0 Å². The van der Waals surface area contributed by atoms with Crippen molar-refractivity contribution >= 4 is 34.0 Å². The predicted molar refractivity (Wildman–Crippen MR) is 77.0 cm³/mol. The zero-order chi connectivity index (χ0) is 14.7. The molecular formula is C13H13N3O3S. The first-order chi connectivity index (χ1) is 9.47. The number of hydrogen-bond donors (Lipinski definition) is 2. The van der Waals surface area contributed by atoms with E-state index in [4.69, 9.17) is 10.8 Å². The third-order valence-corrected chi connectivity index (χ3v) is 3.30. The smallest absolute Gasteiger partial charge is 0.323 e. The van der Waals surface area contributed by atoms with E-state index in [-0.39, 0.29) is 10.8 Å². The monoisotopic (exact) mass is 291 g/mol. The number of carbonyl (C=O) groups excluding carboxylic acids is 1. The van der Waals surface area contributed by atoms with Gasteiger partial charge in [0.25, 0.3) is 5.91 Å². The molecule has 0 fully saturated rings. The van der Waals surface area contributed by atoms with E-state index in [0.717, 1.165) is 21.8 Å². The van der Waals surface area contributed by atoms with E-state index >= 15 is 0 Å². The Morgan fingerprint density at radius 2 is 2.00 bits per heavy atom. The Bertz CT molecular complexity index is 637. The van der Waals surface area contributed by atoms with Gasteiger partial charge in [-0.25, -0.2) is 4.98 Å². The number of nitrogens with zero attached hydrogens (tertiary/aromatic N) is 2. The molecule has 104 valence electrons. The van der Waals surface area contributed by atoms with E-state index in [0.29, 0.717) is 5.69 Å². The molecule has 1 amide bonds. The molecule has 1 aromatic carbocycles.